The third-order valence-electron chi connectivity index (χ3n) is 6.65. The Morgan fingerprint density at radius 2 is 1.83 bits per heavy atom. The third-order valence-corrected chi connectivity index (χ3v) is 6.65. The van der Waals surface area contributed by atoms with Crippen molar-refractivity contribution in [3.63, 3.8) is 0 Å². The van der Waals surface area contributed by atoms with Crippen LogP contribution < -0.4 is 5.32 Å². The van der Waals surface area contributed by atoms with Crippen LogP contribution in [0, 0.1) is 0 Å². The lowest BCUT2D eigenvalue weighted by Crippen LogP contribution is -2.29. The number of nitrogens with zero attached hydrogens (tertiary/aromatic N) is 4. The van der Waals surface area contributed by atoms with E-state index in [0.717, 1.165) is 60.3 Å². The number of benzene rings is 1. The molecule has 5 rings (SSSR count). The molecule has 0 bridgehead atoms. The van der Waals surface area contributed by atoms with Crippen molar-refractivity contribution in [2.45, 2.75) is 44.9 Å². The van der Waals surface area contributed by atoms with E-state index in [4.69, 9.17) is 0 Å². The highest BCUT2D eigenvalue weighted by molar-refractivity contribution is 6.50. The Labute approximate surface area is 207 Å². The van der Waals surface area contributed by atoms with Crippen LogP contribution in [0.25, 0.3) is 11.1 Å². The van der Waals surface area contributed by atoms with Crippen molar-refractivity contribution in [1.82, 2.24) is 14.9 Å². The lowest BCUT2D eigenvalue weighted by Gasteiger charge is -2.26. The fraction of sp³-hybridized carbons (Fsp3) is 0.333. The van der Waals surface area contributed by atoms with Gasteiger partial charge in [0.05, 0.1) is 23.5 Å². The maximum absolute atomic E-state index is 13.4. The van der Waals surface area contributed by atoms with E-state index < -0.39 is 23.3 Å². The van der Waals surface area contributed by atoms with Gasteiger partial charge in [-0.2, -0.15) is 13.2 Å². The van der Waals surface area contributed by atoms with Gasteiger partial charge in [-0.05, 0) is 67.7 Å². The molecule has 6 nitrogen and oxygen atoms in total. The molecular weight excluding hydrogens is 467 g/mol. The number of alkyl halides is 3. The second-order valence-electron chi connectivity index (χ2n) is 9.25. The van der Waals surface area contributed by atoms with Crippen LogP contribution >= 0.6 is 0 Å². The summed E-state index contributed by atoms with van der Waals surface area (Å²) in [6.45, 7) is 4.86. The molecule has 1 N–H and O–H groups in total. The van der Waals surface area contributed by atoms with Crippen molar-refractivity contribution in [2.24, 2.45) is 4.99 Å². The number of pyridine rings is 2. The Hall–Kier alpha value is -3.59. The zero-order valence-corrected chi connectivity index (χ0v) is 19.8. The zero-order chi connectivity index (χ0) is 25.3. The molecule has 0 aliphatic carbocycles. The van der Waals surface area contributed by atoms with Gasteiger partial charge in [-0.15, -0.1) is 0 Å². The molecule has 0 radical (unpaired) electrons. The van der Waals surface area contributed by atoms with Gasteiger partial charge in [0, 0.05) is 36.3 Å². The van der Waals surface area contributed by atoms with Crippen molar-refractivity contribution in [3.8, 4) is 11.1 Å². The molecule has 0 spiro atoms. The summed E-state index contributed by atoms with van der Waals surface area (Å²) in [5.74, 6) is -0.701. The number of likely N-dealkylation sites (tertiary alicyclic amines) is 1. The van der Waals surface area contributed by atoms with Crippen LogP contribution in [0.2, 0.25) is 0 Å². The summed E-state index contributed by atoms with van der Waals surface area (Å²) in [6, 6.07) is 8.41. The maximum atomic E-state index is 13.4. The van der Waals surface area contributed by atoms with Crippen molar-refractivity contribution in [1.29, 1.82) is 0 Å². The number of fused-ring (bicyclic) bond motifs is 1. The number of aromatic nitrogens is 2. The van der Waals surface area contributed by atoms with Gasteiger partial charge in [-0.3, -0.25) is 24.7 Å². The molecule has 2 aliphatic heterocycles. The van der Waals surface area contributed by atoms with E-state index in [-0.39, 0.29) is 11.8 Å². The Kier molecular flexibility index (Phi) is 6.57. The van der Waals surface area contributed by atoms with Gasteiger partial charge in [0.2, 0.25) is 0 Å². The van der Waals surface area contributed by atoms with Crippen molar-refractivity contribution >= 4 is 17.3 Å². The van der Waals surface area contributed by atoms with Crippen LogP contribution in [0.4, 0.5) is 18.9 Å². The Balaban J connectivity index is 1.41. The molecule has 186 valence electrons. The SMILES string of the molecule is C[C@@H]1N=C(C(=O)Nc2cnccc2C(F)(F)F)c2cc(-c3cncc(CN4CCCCC4)c3)ccc21. The second kappa shape index (κ2) is 9.81. The van der Waals surface area contributed by atoms with Gasteiger partial charge >= 0.3 is 6.18 Å². The van der Waals surface area contributed by atoms with E-state index in [1.807, 2.05) is 31.3 Å². The average molecular weight is 494 g/mol. The van der Waals surface area contributed by atoms with E-state index in [0.29, 0.717) is 5.56 Å². The topological polar surface area (TPSA) is 70.5 Å². The molecule has 0 saturated carbocycles. The Morgan fingerprint density at radius 1 is 1.03 bits per heavy atom. The van der Waals surface area contributed by atoms with Gasteiger partial charge in [-0.1, -0.05) is 18.6 Å². The number of carbonyl (C=O) groups excluding carboxylic acids is 1. The summed E-state index contributed by atoms with van der Waals surface area (Å²) in [7, 11) is 0. The van der Waals surface area contributed by atoms with E-state index in [9.17, 15) is 18.0 Å². The molecule has 1 amide bonds. The molecular formula is C27H26F3N5O. The second-order valence-corrected chi connectivity index (χ2v) is 9.25. The Bertz CT molecular complexity index is 1310. The number of hydrogen-bond donors (Lipinski definition) is 1. The van der Waals surface area contributed by atoms with Crippen LogP contribution in [0.1, 0.15) is 54.5 Å². The fourth-order valence-corrected chi connectivity index (χ4v) is 4.85. The maximum Gasteiger partial charge on any atom is 0.418 e. The molecule has 3 aromatic rings. The molecule has 36 heavy (non-hydrogen) atoms. The summed E-state index contributed by atoms with van der Waals surface area (Å²) in [6.07, 6.45) is 4.78. The first kappa shape index (κ1) is 24.1. The van der Waals surface area contributed by atoms with Crippen LogP contribution in [0.15, 0.2) is 60.1 Å². The molecule has 1 saturated heterocycles. The molecule has 2 aliphatic rings. The van der Waals surface area contributed by atoms with Crippen LogP contribution in [0.3, 0.4) is 0 Å². The van der Waals surface area contributed by atoms with Gasteiger partial charge < -0.3 is 5.32 Å². The van der Waals surface area contributed by atoms with Crippen molar-refractivity contribution in [3.05, 3.63) is 77.4 Å². The number of aliphatic imine (C=N–C) groups is 1. The fourth-order valence-electron chi connectivity index (χ4n) is 4.85. The quantitative estimate of drug-likeness (QED) is 0.499. The van der Waals surface area contributed by atoms with Gasteiger partial charge in [-0.25, -0.2) is 0 Å². The first-order valence-electron chi connectivity index (χ1n) is 12.0. The van der Waals surface area contributed by atoms with Gasteiger partial charge in [0.15, 0.2) is 0 Å². The molecule has 1 fully saturated rings. The van der Waals surface area contributed by atoms with Gasteiger partial charge in [0.25, 0.3) is 5.91 Å². The van der Waals surface area contributed by atoms with Crippen LogP contribution in [0.5, 0.6) is 0 Å². The Morgan fingerprint density at radius 3 is 2.61 bits per heavy atom. The summed E-state index contributed by atoms with van der Waals surface area (Å²) < 4.78 is 40.1. The highest BCUT2D eigenvalue weighted by Crippen LogP contribution is 2.36. The summed E-state index contributed by atoms with van der Waals surface area (Å²) in [4.78, 5) is 28.1. The van der Waals surface area contributed by atoms with Gasteiger partial charge in [0.1, 0.15) is 5.71 Å². The minimum atomic E-state index is -4.62. The molecule has 0 unspecified atom stereocenters. The van der Waals surface area contributed by atoms with Crippen LogP contribution in [-0.4, -0.2) is 39.6 Å². The number of rotatable bonds is 5. The predicted molar refractivity (Wildman–Crippen MR) is 132 cm³/mol. The molecule has 1 aromatic carbocycles. The highest BCUT2D eigenvalue weighted by atomic mass is 19.4. The largest absolute Gasteiger partial charge is 0.418 e. The lowest BCUT2D eigenvalue weighted by molar-refractivity contribution is -0.137. The molecule has 4 heterocycles. The van der Waals surface area contributed by atoms with E-state index in [1.54, 1.807) is 6.20 Å². The normalized spacial score (nSPS) is 18.0. The number of amides is 1. The number of carbonyl (C=O) groups is 1. The van der Waals surface area contributed by atoms with E-state index in [1.165, 1.54) is 19.3 Å². The summed E-state index contributed by atoms with van der Waals surface area (Å²) in [5.41, 5.74) is 3.11. The van der Waals surface area contributed by atoms with Crippen molar-refractivity contribution in [2.75, 3.05) is 18.4 Å². The molecule has 9 heteroatoms. The first-order valence-corrected chi connectivity index (χ1v) is 12.0. The van der Waals surface area contributed by atoms with Crippen molar-refractivity contribution < 1.29 is 18.0 Å². The third kappa shape index (κ3) is 5.02. The average Bonchev–Trinajstić information content (AvgIpc) is 3.20. The predicted octanol–water partition coefficient (Wildman–Crippen LogP) is 5.65. The number of piperidine rings is 1. The molecule has 1 atom stereocenters. The monoisotopic (exact) mass is 493 g/mol. The number of hydrogen-bond acceptors (Lipinski definition) is 5. The first-order chi connectivity index (χ1) is 17.3. The minimum Gasteiger partial charge on any atom is -0.319 e. The summed E-state index contributed by atoms with van der Waals surface area (Å²) in [5, 5.41) is 2.36. The van der Waals surface area contributed by atoms with E-state index in [2.05, 4.69) is 31.2 Å². The van der Waals surface area contributed by atoms with Crippen LogP contribution in [-0.2, 0) is 17.5 Å². The van der Waals surface area contributed by atoms with E-state index >= 15 is 0 Å². The standard InChI is InChI=1S/C27H26F3N5O/c1-17-21-6-5-19(20-11-18(13-32-14-20)16-35-9-3-2-4-10-35)12-22(21)25(33-17)26(36)34-24-15-31-8-7-23(24)27(28,29)30/h5-8,11-15,17H,2-4,9-10,16H2,1H3,(H,34,36)/t17-/m0/s1. The highest BCUT2D eigenvalue weighted by Gasteiger charge is 2.35. The number of halogens is 3. The zero-order valence-electron chi connectivity index (χ0n) is 19.8. The summed E-state index contributed by atoms with van der Waals surface area (Å²) >= 11 is 0. The smallest absolute Gasteiger partial charge is 0.319 e. The number of anilines is 1. The lowest BCUT2D eigenvalue weighted by atomic mass is 9.96. The number of nitrogens with one attached hydrogen (secondary N) is 1. The minimum absolute atomic E-state index is 0.105. The molecule has 2 aromatic heterocycles.